The van der Waals surface area contributed by atoms with Gasteiger partial charge >= 0.3 is 6.09 Å². The van der Waals surface area contributed by atoms with E-state index in [0.717, 1.165) is 31.3 Å². The van der Waals surface area contributed by atoms with E-state index in [1.54, 1.807) is 7.05 Å². The van der Waals surface area contributed by atoms with Crippen molar-refractivity contribution in [2.45, 2.75) is 49.6 Å². The van der Waals surface area contributed by atoms with Gasteiger partial charge in [0.15, 0.2) is 0 Å². The molecule has 4 atom stereocenters. The Bertz CT molecular complexity index is 864. The molecule has 0 spiro atoms. The van der Waals surface area contributed by atoms with Crippen molar-refractivity contribution in [1.82, 2.24) is 14.7 Å². The molecule has 1 saturated heterocycles. The highest BCUT2D eigenvalue weighted by Crippen LogP contribution is 2.40. The van der Waals surface area contributed by atoms with Gasteiger partial charge in [0.25, 0.3) is 0 Å². The molecule has 3 rings (SSSR count). The highest BCUT2D eigenvalue weighted by Gasteiger charge is 2.46. The average Bonchev–Trinajstić information content (AvgIpc) is 3.31. The number of hydrogen-bond donors (Lipinski definition) is 1. The first kappa shape index (κ1) is 22.6. The molecule has 2 aliphatic rings. The van der Waals surface area contributed by atoms with Crippen LogP contribution in [-0.2, 0) is 19.7 Å². The lowest BCUT2D eigenvalue weighted by atomic mass is 9.98. The van der Waals surface area contributed by atoms with Gasteiger partial charge in [0.1, 0.15) is 12.1 Å². The molecular weight excluding hydrogens is 413 g/mol. The molecule has 0 aromatic heterocycles. The van der Waals surface area contributed by atoms with Crippen LogP contribution in [0, 0.1) is 17.7 Å². The Morgan fingerprint density at radius 1 is 1.33 bits per heavy atom. The van der Waals surface area contributed by atoms with E-state index in [9.17, 15) is 22.4 Å². The maximum absolute atomic E-state index is 13.1. The predicted octanol–water partition coefficient (Wildman–Crippen LogP) is 2.17. The Morgan fingerprint density at radius 2 is 2.03 bits per heavy atom. The summed E-state index contributed by atoms with van der Waals surface area (Å²) in [5.74, 6) is -0.268. The van der Waals surface area contributed by atoms with Crippen LogP contribution in [0.1, 0.15) is 32.6 Å². The third-order valence-electron chi connectivity index (χ3n) is 6.22. The molecule has 8 nitrogen and oxygen atoms in total. The number of sulfonamides is 1. The van der Waals surface area contributed by atoms with Gasteiger partial charge in [-0.3, -0.25) is 0 Å². The van der Waals surface area contributed by atoms with Gasteiger partial charge in [0, 0.05) is 38.6 Å². The maximum Gasteiger partial charge on any atom is 0.428 e. The number of fused-ring (bicyclic) bond motifs is 1. The molecule has 1 heterocycles. The lowest BCUT2D eigenvalue weighted by Crippen LogP contribution is -2.43. The second-order valence-corrected chi connectivity index (χ2v) is 10.0. The van der Waals surface area contributed by atoms with Crippen molar-refractivity contribution in [2.24, 2.45) is 11.8 Å². The molecular formula is C20H28FN3O5S. The summed E-state index contributed by atoms with van der Waals surface area (Å²) in [6.45, 7) is 2.57. The quantitative estimate of drug-likeness (QED) is 0.491. The molecule has 1 aliphatic heterocycles. The minimum Gasteiger partial charge on any atom is -0.353 e. The summed E-state index contributed by atoms with van der Waals surface area (Å²) in [5, 5.41) is 0. The normalized spacial score (nSPS) is 25.0. The van der Waals surface area contributed by atoms with E-state index in [4.69, 9.17) is 4.84 Å². The second kappa shape index (κ2) is 9.40. The third-order valence-corrected chi connectivity index (χ3v) is 8.07. The number of carbonyl (C=O) groups excluding carboxylic acids is 2. The van der Waals surface area contributed by atoms with Gasteiger partial charge in [-0.05, 0) is 62.3 Å². The van der Waals surface area contributed by atoms with Crippen LogP contribution < -0.4 is 5.48 Å². The number of carbonyl (C=O) groups is 2. The summed E-state index contributed by atoms with van der Waals surface area (Å²) in [5.41, 5.74) is 2.83. The third kappa shape index (κ3) is 4.81. The molecule has 30 heavy (non-hydrogen) atoms. The van der Waals surface area contributed by atoms with Crippen LogP contribution in [0.15, 0.2) is 29.2 Å². The highest BCUT2D eigenvalue weighted by atomic mass is 32.2. The Hall–Kier alpha value is -2.04. The summed E-state index contributed by atoms with van der Waals surface area (Å²) in [4.78, 5) is 29.5. The summed E-state index contributed by atoms with van der Waals surface area (Å²) in [7, 11) is -2.08. The van der Waals surface area contributed by atoms with Gasteiger partial charge in [-0.25, -0.2) is 17.6 Å². The molecule has 1 aliphatic carbocycles. The molecule has 1 aromatic rings. The summed E-state index contributed by atoms with van der Waals surface area (Å²) in [6, 6.07) is 4.56. The Labute approximate surface area is 176 Å². The fourth-order valence-corrected chi connectivity index (χ4v) is 5.74. The van der Waals surface area contributed by atoms with Crippen molar-refractivity contribution in [1.29, 1.82) is 0 Å². The van der Waals surface area contributed by atoms with Gasteiger partial charge in [0.05, 0.1) is 4.90 Å². The van der Waals surface area contributed by atoms with Crippen molar-refractivity contribution in [3.8, 4) is 0 Å². The van der Waals surface area contributed by atoms with Gasteiger partial charge in [-0.15, -0.1) is 5.48 Å². The fraction of sp³-hybridized carbons (Fsp3) is 0.600. The smallest absolute Gasteiger partial charge is 0.353 e. The Balaban J connectivity index is 1.56. The van der Waals surface area contributed by atoms with Crippen LogP contribution >= 0.6 is 0 Å². The first-order chi connectivity index (χ1) is 14.2. The van der Waals surface area contributed by atoms with E-state index in [1.807, 2.05) is 6.92 Å². The summed E-state index contributed by atoms with van der Waals surface area (Å²) in [6.07, 6.45) is 2.83. The summed E-state index contributed by atoms with van der Waals surface area (Å²) < 4.78 is 40.3. The number of halogens is 1. The van der Waals surface area contributed by atoms with Crippen molar-refractivity contribution < 1.29 is 27.2 Å². The number of rotatable bonds is 8. The zero-order valence-electron chi connectivity index (χ0n) is 17.2. The molecule has 166 valence electrons. The number of amides is 1. The predicted molar refractivity (Wildman–Crippen MR) is 107 cm³/mol. The van der Waals surface area contributed by atoms with Crippen molar-refractivity contribution in [3.63, 3.8) is 0 Å². The lowest BCUT2D eigenvalue weighted by molar-refractivity contribution is -0.108. The fourth-order valence-electron chi connectivity index (χ4n) is 4.20. The standard InChI is InChI=1S/C20H28FN3O5S/c1-14(4-3-11-25)23(2)20(26)29-22-19-10-5-15-12-24(13-18(15)19)30(27,28)17-8-6-16(21)7-9-17/h6-9,11,14-15,18-19,22H,3-5,10,12-13H2,1-2H3/t14-,15-,18+,19+/m0/s1. The zero-order chi connectivity index (χ0) is 21.9. The van der Waals surface area contributed by atoms with Crippen LogP contribution in [0.2, 0.25) is 0 Å². The Morgan fingerprint density at radius 3 is 2.70 bits per heavy atom. The first-order valence-electron chi connectivity index (χ1n) is 10.1. The topological polar surface area (TPSA) is 96.0 Å². The number of nitrogens with zero attached hydrogens (tertiary/aromatic N) is 2. The summed E-state index contributed by atoms with van der Waals surface area (Å²) >= 11 is 0. The van der Waals surface area contributed by atoms with Crippen LogP contribution in [0.4, 0.5) is 9.18 Å². The van der Waals surface area contributed by atoms with Crippen molar-refractivity contribution >= 4 is 22.4 Å². The minimum absolute atomic E-state index is 0.0332. The van der Waals surface area contributed by atoms with Crippen LogP contribution in [0.5, 0.6) is 0 Å². The first-order valence-corrected chi connectivity index (χ1v) is 11.6. The molecule has 1 amide bonds. The van der Waals surface area contributed by atoms with Crippen molar-refractivity contribution in [2.75, 3.05) is 20.1 Å². The van der Waals surface area contributed by atoms with Gasteiger partial charge in [-0.1, -0.05) is 0 Å². The second-order valence-electron chi connectivity index (χ2n) is 8.07. The zero-order valence-corrected chi connectivity index (χ0v) is 18.0. The molecule has 0 unspecified atom stereocenters. The Kier molecular flexibility index (Phi) is 7.10. The molecule has 2 fully saturated rings. The largest absolute Gasteiger partial charge is 0.428 e. The average molecular weight is 442 g/mol. The molecule has 1 saturated carbocycles. The molecule has 1 N–H and O–H groups in total. The van der Waals surface area contributed by atoms with Crippen molar-refractivity contribution in [3.05, 3.63) is 30.1 Å². The van der Waals surface area contributed by atoms with Crippen LogP contribution in [0.25, 0.3) is 0 Å². The number of benzene rings is 1. The molecule has 0 bridgehead atoms. The van der Waals surface area contributed by atoms with E-state index >= 15 is 0 Å². The maximum atomic E-state index is 13.1. The van der Waals surface area contributed by atoms with E-state index in [0.29, 0.717) is 25.9 Å². The molecule has 1 aromatic carbocycles. The number of hydrogen-bond acceptors (Lipinski definition) is 6. The van der Waals surface area contributed by atoms with E-state index in [2.05, 4.69) is 5.48 Å². The SMILES string of the molecule is C[C@@H](CCC=O)N(C)C(=O)ON[C@@H]1CC[C@H]2CN(S(=O)(=O)c3ccc(F)cc3)C[C@H]21. The van der Waals surface area contributed by atoms with E-state index < -0.39 is 21.9 Å². The van der Waals surface area contributed by atoms with Gasteiger partial charge < -0.3 is 14.5 Å². The molecule has 0 radical (unpaired) electrons. The van der Waals surface area contributed by atoms with Gasteiger partial charge in [0.2, 0.25) is 10.0 Å². The van der Waals surface area contributed by atoms with Gasteiger partial charge in [-0.2, -0.15) is 4.31 Å². The highest BCUT2D eigenvalue weighted by molar-refractivity contribution is 7.89. The van der Waals surface area contributed by atoms with E-state index in [1.165, 1.54) is 21.3 Å². The molecule has 10 heteroatoms. The lowest BCUT2D eigenvalue weighted by Gasteiger charge is -2.26. The van der Waals surface area contributed by atoms with Crippen LogP contribution in [-0.4, -0.2) is 62.2 Å². The number of hydroxylamine groups is 1. The van der Waals surface area contributed by atoms with Crippen LogP contribution in [0.3, 0.4) is 0 Å². The number of nitrogens with one attached hydrogen (secondary N) is 1. The number of aldehydes is 1. The monoisotopic (exact) mass is 441 g/mol. The van der Waals surface area contributed by atoms with E-state index in [-0.39, 0.29) is 28.8 Å². The minimum atomic E-state index is -3.69.